The summed E-state index contributed by atoms with van der Waals surface area (Å²) in [6.07, 6.45) is -4.48. The van der Waals surface area contributed by atoms with E-state index in [1.807, 2.05) is 17.0 Å². The van der Waals surface area contributed by atoms with Crippen LogP contribution in [0.5, 0.6) is 0 Å². The van der Waals surface area contributed by atoms with Gasteiger partial charge in [0.2, 0.25) is 5.91 Å². The number of alkyl halides is 3. The monoisotopic (exact) mass is 530 g/mol. The van der Waals surface area contributed by atoms with E-state index in [0.29, 0.717) is 35.2 Å². The van der Waals surface area contributed by atoms with Crippen molar-refractivity contribution < 1.29 is 22.4 Å². The topological polar surface area (TPSA) is 59.4 Å². The molecule has 11 heteroatoms. The van der Waals surface area contributed by atoms with E-state index in [0.717, 1.165) is 17.7 Å². The van der Waals surface area contributed by atoms with Crippen LogP contribution in [0.1, 0.15) is 29.0 Å². The first-order valence-corrected chi connectivity index (χ1v) is 11.6. The van der Waals surface area contributed by atoms with Crippen LogP contribution in [0.4, 0.5) is 17.6 Å². The number of carbonyl (C=O) groups excluding carboxylic acids is 1. The van der Waals surface area contributed by atoms with Gasteiger partial charge in [-0.2, -0.15) is 18.4 Å². The Morgan fingerprint density at radius 3 is 2.57 bits per heavy atom. The number of carbonyl (C=O) groups is 1. The molecule has 0 aliphatic carbocycles. The zero-order valence-electron chi connectivity index (χ0n) is 18.9. The summed E-state index contributed by atoms with van der Waals surface area (Å²) in [5, 5.41) is 12.4. The fourth-order valence-electron chi connectivity index (χ4n) is 4.25. The third-order valence-electron chi connectivity index (χ3n) is 6.04. The SMILES string of the molecule is CN(Cc1ccc(C(F)(F)F)c(F)c1)C1CN(C(=O)CNCCC#N)CC1c1ccc(Cl)c(Cl)c1. The van der Waals surface area contributed by atoms with Gasteiger partial charge in [0.05, 0.1) is 28.2 Å². The quantitative estimate of drug-likeness (QED) is 0.382. The van der Waals surface area contributed by atoms with Crippen molar-refractivity contribution in [2.45, 2.75) is 31.1 Å². The smallest absolute Gasteiger partial charge is 0.339 e. The molecule has 1 fully saturated rings. The molecule has 3 rings (SSSR count). The van der Waals surface area contributed by atoms with Crippen molar-refractivity contribution >= 4 is 29.1 Å². The summed E-state index contributed by atoms with van der Waals surface area (Å²) < 4.78 is 52.8. The zero-order valence-corrected chi connectivity index (χ0v) is 20.4. The molecule has 1 heterocycles. The third kappa shape index (κ3) is 6.85. The predicted octanol–water partition coefficient (Wildman–Crippen LogP) is 5.08. The van der Waals surface area contributed by atoms with E-state index < -0.39 is 17.6 Å². The largest absolute Gasteiger partial charge is 0.419 e. The molecule has 0 spiro atoms. The number of hydrogen-bond acceptors (Lipinski definition) is 4. The Morgan fingerprint density at radius 1 is 1.20 bits per heavy atom. The minimum atomic E-state index is -4.76. The van der Waals surface area contributed by atoms with Gasteiger partial charge in [-0.05, 0) is 42.4 Å². The number of nitrogens with one attached hydrogen (secondary N) is 1. The lowest BCUT2D eigenvalue weighted by Crippen LogP contribution is -2.40. The Bertz CT molecular complexity index is 1110. The van der Waals surface area contributed by atoms with Crippen molar-refractivity contribution in [2.24, 2.45) is 0 Å². The second-order valence-corrected chi connectivity index (χ2v) is 9.27. The number of hydrogen-bond donors (Lipinski definition) is 1. The van der Waals surface area contributed by atoms with Crippen molar-refractivity contribution in [3.8, 4) is 6.07 Å². The van der Waals surface area contributed by atoms with Gasteiger partial charge in [-0.1, -0.05) is 35.3 Å². The van der Waals surface area contributed by atoms with Gasteiger partial charge in [0.1, 0.15) is 5.82 Å². The Kier molecular flexibility index (Phi) is 9.00. The van der Waals surface area contributed by atoms with Crippen LogP contribution >= 0.6 is 23.2 Å². The molecule has 0 bridgehead atoms. The fourth-order valence-corrected chi connectivity index (χ4v) is 4.56. The summed E-state index contributed by atoms with van der Waals surface area (Å²) in [5.74, 6) is -1.61. The van der Waals surface area contributed by atoms with Gasteiger partial charge in [0.25, 0.3) is 0 Å². The van der Waals surface area contributed by atoms with Gasteiger partial charge in [-0.15, -0.1) is 0 Å². The van der Waals surface area contributed by atoms with E-state index in [9.17, 15) is 22.4 Å². The summed E-state index contributed by atoms with van der Waals surface area (Å²) >= 11 is 12.3. The van der Waals surface area contributed by atoms with Crippen molar-refractivity contribution in [3.05, 3.63) is 69.0 Å². The number of likely N-dealkylation sites (N-methyl/N-ethyl adjacent to an activating group) is 1. The van der Waals surface area contributed by atoms with E-state index in [-0.39, 0.29) is 37.4 Å². The van der Waals surface area contributed by atoms with Crippen LogP contribution in [0.15, 0.2) is 36.4 Å². The summed E-state index contributed by atoms with van der Waals surface area (Å²) in [7, 11) is 1.78. The van der Waals surface area contributed by atoms with Gasteiger partial charge in [-0.3, -0.25) is 9.69 Å². The lowest BCUT2D eigenvalue weighted by molar-refractivity contribution is -0.140. The maximum Gasteiger partial charge on any atom is 0.419 e. The molecule has 2 atom stereocenters. The van der Waals surface area contributed by atoms with E-state index in [2.05, 4.69) is 5.32 Å². The van der Waals surface area contributed by atoms with Gasteiger partial charge in [0.15, 0.2) is 0 Å². The summed E-state index contributed by atoms with van der Waals surface area (Å²) in [6, 6.07) is 9.94. The molecular weight excluding hydrogens is 507 g/mol. The number of amides is 1. The Hall–Kier alpha value is -2.38. The van der Waals surface area contributed by atoms with Gasteiger partial charge in [-0.25, -0.2) is 4.39 Å². The lowest BCUT2D eigenvalue weighted by Gasteiger charge is -2.29. The second-order valence-electron chi connectivity index (χ2n) is 8.46. The average molecular weight is 531 g/mol. The van der Waals surface area contributed by atoms with Gasteiger partial charge < -0.3 is 10.2 Å². The standard InChI is InChI=1S/C24H24Cl2F4N4O/c1-33(12-15-3-5-18(21(27)9-15)24(28,29)30)22-14-34(23(35)11-32-8-2-7-31)13-17(22)16-4-6-19(25)20(26)10-16/h3-6,9-10,17,22,32H,2,8,11-14H2,1H3. The van der Waals surface area contributed by atoms with E-state index >= 15 is 0 Å². The highest BCUT2D eigenvalue weighted by Crippen LogP contribution is 2.35. The zero-order chi connectivity index (χ0) is 25.8. The van der Waals surface area contributed by atoms with Crippen molar-refractivity contribution in [2.75, 3.05) is 33.2 Å². The number of benzene rings is 2. The lowest BCUT2D eigenvalue weighted by atomic mass is 9.93. The number of halogens is 6. The highest BCUT2D eigenvalue weighted by molar-refractivity contribution is 6.42. The molecule has 1 N–H and O–H groups in total. The average Bonchev–Trinajstić information content (AvgIpc) is 3.23. The molecule has 5 nitrogen and oxygen atoms in total. The Balaban J connectivity index is 1.80. The van der Waals surface area contributed by atoms with Crippen LogP contribution in [-0.4, -0.2) is 55.0 Å². The van der Waals surface area contributed by atoms with Crippen LogP contribution in [0.25, 0.3) is 0 Å². The maximum atomic E-state index is 14.1. The number of likely N-dealkylation sites (tertiary alicyclic amines) is 1. The van der Waals surface area contributed by atoms with Gasteiger partial charge in [0, 0.05) is 44.6 Å². The Morgan fingerprint density at radius 2 is 1.94 bits per heavy atom. The third-order valence-corrected chi connectivity index (χ3v) is 6.78. The number of nitriles is 1. The second kappa shape index (κ2) is 11.6. The molecule has 1 aliphatic rings. The molecule has 0 aromatic heterocycles. The summed E-state index contributed by atoms with van der Waals surface area (Å²) in [5.41, 5.74) is -0.0597. The fraction of sp³-hybridized carbons (Fsp3) is 0.417. The van der Waals surface area contributed by atoms with Crippen LogP contribution in [0.3, 0.4) is 0 Å². The molecule has 35 heavy (non-hydrogen) atoms. The molecule has 0 saturated carbocycles. The molecule has 1 aliphatic heterocycles. The van der Waals surface area contributed by atoms with Crippen LogP contribution in [0.2, 0.25) is 10.0 Å². The minimum Gasteiger partial charge on any atom is -0.339 e. The van der Waals surface area contributed by atoms with Crippen molar-refractivity contribution in [3.63, 3.8) is 0 Å². The summed E-state index contributed by atoms with van der Waals surface area (Å²) in [6.45, 7) is 1.42. The van der Waals surface area contributed by atoms with Crippen LogP contribution in [-0.2, 0) is 17.5 Å². The van der Waals surface area contributed by atoms with Crippen molar-refractivity contribution in [1.29, 1.82) is 5.26 Å². The van der Waals surface area contributed by atoms with E-state index in [4.69, 9.17) is 28.5 Å². The predicted molar refractivity (Wildman–Crippen MR) is 126 cm³/mol. The normalized spacial score (nSPS) is 18.2. The molecule has 1 saturated heterocycles. The van der Waals surface area contributed by atoms with E-state index in [1.54, 1.807) is 24.1 Å². The highest BCUT2D eigenvalue weighted by atomic mass is 35.5. The number of nitrogens with zero attached hydrogens (tertiary/aromatic N) is 3. The van der Waals surface area contributed by atoms with Crippen molar-refractivity contribution in [1.82, 2.24) is 15.1 Å². The van der Waals surface area contributed by atoms with E-state index in [1.165, 1.54) is 6.07 Å². The highest BCUT2D eigenvalue weighted by Gasteiger charge is 2.39. The molecule has 188 valence electrons. The number of rotatable bonds is 8. The molecular formula is C24H24Cl2F4N4O. The minimum absolute atomic E-state index is 0.0797. The first-order chi connectivity index (χ1) is 16.5. The summed E-state index contributed by atoms with van der Waals surface area (Å²) in [4.78, 5) is 16.4. The molecule has 1 amide bonds. The first kappa shape index (κ1) is 27.2. The molecule has 2 unspecified atom stereocenters. The van der Waals surface area contributed by atoms with Crippen LogP contribution < -0.4 is 5.32 Å². The molecule has 2 aromatic carbocycles. The molecule has 2 aromatic rings. The van der Waals surface area contributed by atoms with Gasteiger partial charge >= 0.3 is 6.18 Å². The first-order valence-electron chi connectivity index (χ1n) is 10.9. The molecule has 0 radical (unpaired) electrons. The Labute approximate surface area is 211 Å². The maximum absolute atomic E-state index is 14.1. The van der Waals surface area contributed by atoms with Crippen LogP contribution in [0, 0.1) is 17.1 Å².